The molecule has 0 saturated carbocycles. The van der Waals surface area contributed by atoms with E-state index in [1.54, 1.807) is 0 Å². The first-order valence-electron chi connectivity index (χ1n) is 4.15. The first-order chi connectivity index (χ1) is 5.41. The van der Waals surface area contributed by atoms with Crippen LogP contribution in [-0.4, -0.2) is 26.6 Å². The molecule has 0 amide bonds. The van der Waals surface area contributed by atoms with Gasteiger partial charge in [0.25, 0.3) is 0 Å². The Labute approximate surface area is 68.3 Å². The van der Waals surface area contributed by atoms with E-state index in [0.717, 1.165) is 13.0 Å². The second kappa shape index (κ2) is 9.88. The van der Waals surface area contributed by atoms with Gasteiger partial charge in [-0.3, -0.25) is 0 Å². The van der Waals surface area contributed by atoms with E-state index >= 15 is 0 Å². The summed E-state index contributed by atoms with van der Waals surface area (Å²) in [5.41, 5.74) is 0. The van der Waals surface area contributed by atoms with Crippen molar-refractivity contribution in [3.05, 3.63) is 0 Å². The summed E-state index contributed by atoms with van der Waals surface area (Å²) in [5, 5.41) is 9.79. The third kappa shape index (κ3) is 9.88. The Morgan fingerprint density at radius 2 is 1.73 bits per heavy atom. The van der Waals surface area contributed by atoms with Crippen molar-refractivity contribution in [1.29, 1.82) is 0 Å². The fourth-order valence-corrected chi connectivity index (χ4v) is 0.733. The number of unbranched alkanes of at least 4 members (excludes halogenated alkanes) is 2. The average Bonchev–Trinajstić information content (AvgIpc) is 2.03. The minimum absolute atomic E-state index is 0.426. The SMILES string of the molecule is CCCCCOCCOC[O]. The fourth-order valence-electron chi connectivity index (χ4n) is 0.733. The van der Waals surface area contributed by atoms with Crippen LogP contribution in [0.2, 0.25) is 0 Å². The smallest absolute Gasteiger partial charge is 0.180 e. The van der Waals surface area contributed by atoms with Crippen LogP contribution in [0, 0.1) is 0 Å². The highest BCUT2D eigenvalue weighted by molar-refractivity contribution is 4.36. The molecule has 0 N–H and O–H groups in total. The number of hydrogen-bond acceptors (Lipinski definition) is 2. The summed E-state index contributed by atoms with van der Waals surface area (Å²) in [6.45, 7) is 3.45. The van der Waals surface area contributed by atoms with Crippen molar-refractivity contribution in [2.75, 3.05) is 26.6 Å². The second-order valence-corrected chi connectivity index (χ2v) is 2.35. The van der Waals surface area contributed by atoms with Crippen LogP contribution in [0.3, 0.4) is 0 Å². The van der Waals surface area contributed by atoms with E-state index < -0.39 is 6.79 Å². The molecule has 0 aliphatic heterocycles. The summed E-state index contributed by atoms with van der Waals surface area (Å²) in [6.07, 6.45) is 3.52. The van der Waals surface area contributed by atoms with Gasteiger partial charge in [-0.25, -0.2) is 5.11 Å². The molecule has 0 aliphatic carbocycles. The minimum Gasteiger partial charge on any atom is -0.379 e. The quantitative estimate of drug-likeness (QED) is 0.400. The largest absolute Gasteiger partial charge is 0.379 e. The molecule has 0 bridgehead atoms. The molecule has 0 aromatic rings. The molecule has 0 saturated heterocycles. The van der Waals surface area contributed by atoms with Gasteiger partial charge < -0.3 is 9.47 Å². The molecule has 0 aromatic heterocycles. The Morgan fingerprint density at radius 1 is 1.00 bits per heavy atom. The van der Waals surface area contributed by atoms with Gasteiger partial charge in [0.2, 0.25) is 0 Å². The molecule has 0 atom stereocenters. The molecule has 67 valence electrons. The predicted molar refractivity (Wildman–Crippen MR) is 41.8 cm³/mol. The molecule has 0 heterocycles. The maximum absolute atomic E-state index is 9.79. The van der Waals surface area contributed by atoms with Crippen LogP contribution < -0.4 is 0 Å². The molecular formula is C8H17O3. The fraction of sp³-hybridized carbons (Fsp3) is 1.00. The highest BCUT2D eigenvalue weighted by Gasteiger charge is 1.88. The molecule has 0 aliphatic rings. The molecule has 1 radical (unpaired) electrons. The zero-order valence-corrected chi connectivity index (χ0v) is 7.17. The summed E-state index contributed by atoms with van der Waals surface area (Å²) < 4.78 is 9.73. The molecule has 11 heavy (non-hydrogen) atoms. The second-order valence-electron chi connectivity index (χ2n) is 2.35. The van der Waals surface area contributed by atoms with Gasteiger partial charge in [-0.2, -0.15) is 0 Å². The van der Waals surface area contributed by atoms with Crippen LogP contribution in [0.5, 0.6) is 0 Å². The van der Waals surface area contributed by atoms with Gasteiger partial charge in [0.15, 0.2) is 6.79 Å². The molecular weight excluding hydrogens is 144 g/mol. The van der Waals surface area contributed by atoms with E-state index in [4.69, 9.17) is 4.74 Å². The molecule has 3 nitrogen and oxygen atoms in total. The van der Waals surface area contributed by atoms with Crippen molar-refractivity contribution >= 4 is 0 Å². The standard InChI is InChI=1S/C8H17O3/c1-2-3-4-5-10-6-7-11-8-9/h2-8H2,1H3. The van der Waals surface area contributed by atoms with Crippen LogP contribution in [0.25, 0.3) is 0 Å². The third-order valence-corrected chi connectivity index (χ3v) is 1.35. The Balaban J connectivity index is 2.69. The summed E-state index contributed by atoms with van der Waals surface area (Å²) in [5.74, 6) is 0. The summed E-state index contributed by atoms with van der Waals surface area (Å²) in [6, 6.07) is 0. The normalized spacial score (nSPS) is 10.4. The van der Waals surface area contributed by atoms with Crippen LogP contribution >= 0.6 is 0 Å². The molecule has 0 rings (SSSR count). The minimum atomic E-state index is -0.460. The van der Waals surface area contributed by atoms with Crippen molar-refractivity contribution < 1.29 is 14.6 Å². The van der Waals surface area contributed by atoms with Gasteiger partial charge in [0.1, 0.15) is 0 Å². The van der Waals surface area contributed by atoms with Crippen LogP contribution in [0.1, 0.15) is 26.2 Å². The van der Waals surface area contributed by atoms with Gasteiger partial charge in [-0.05, 0) is 6.42 Å². The van der Waals surface area contributed by atoms with Gasteiger partial charge in [-0.15, -0.1) is 0 Å². The lowest BCUT2D eigenvalue weighted by Crippen LogP contribution is -2.05. The third-order valence-electron chi connectivity index (χ3n) is 1.35. The number of rotatable bonds is 8. The number of ether oxygens (including phenoxy) is 2. The zero-order chi connectivity index (χ0) is 8.36. The lowest BCUT2D eigenvalue weighted by molar-refractivity contribution is -0.0621. The summed E-state index contributed by atoms with van der Waals surface area (Å²) in [4.78, 5) is 0. The lowest BCUT2D eigenvalue weighted by Gasteiger charge is -2.02. The first kappa shape index (κ1) is 10.9. The summed E-state index contributed by atoms with van der Waals surface area (Å²) in [7, 11) is 0. The van der Waals surface area contributed by atoms with E-state index in [2.05, 4.69) is 11.7 Å². The van der Waals surface area contributed by atoms with Crippen molar-refractivity contribution in [1.82, 2.24) is 0 Å². The van der Waals surface area contributed by atoms with Crippen LogP contribution in [-0.2, 0) is 14.6 Å². The van der Waals surface area contributed by atoms with Gasteiger partial charge in [-0.1, -0.05) is 19.8 Å². The monoisotopic (exact) mass is 161 g/mol. The maximum Gasteiger partial charge on any atom is 0.180 e. The van der Waals surface area contributed by atoms with E-state index in [1.807, 2.05) is 0 Å². The number of hydrogen-bond donors (Lipinski definition) is 0. The first-order valence-corrected chi connectivity index (χ1v) is 4.15. The Bertz CT molecular complexity index is 58.4. The molecule has 0 unspecified atom stereocenters. The van der Waals surface area contributed by atoms with E-state index in [-0.39, 0.29) is 0 Å². The Morgan fingerprint density at radius 3 is 2.36 bits per heavy atom. The highest BCUT2D eigenvalue weighted by Crippen LogP contribution is 1.93. The van der Waals surface area contributed by atoms with E-state index in [0.29, 0.717) is 13.2 Å². The molecule has 0 aromatic carbocycles. The predicted octanol–water partition coefficient (Wildman–Crippen LogP) is 1.60. The molecule has 3 heteroatoms. The van der Waals surface area contributed by atoms with Crippen LogP contribution in [0.4, 0.5) is 0 Å². The van der Waals surface area contributed by atoms with Gasteiger partial charge >= 0.3 is 0 Å². The van der Waals surface area contributed by atoms with Gasteiger partial charge in [0, 0.05) is 6.61 Å². The summed E-state index contributed by atoms with van der Waals surface area (Å²) >= 11 is 0. The lowest BCUT2D eigenvalue weighted by atomic mass is 10.3. The Hall–Kier alpha value is -0.120. The van der Waals surface area contributed by atoms with E-state index in [1.165, 1.54) is 12.8 Å². The van der Waals surface area contributed by atoms with Gasteiger partial charge in [0.05, 0.1) is 13.2 Å². The Kier molecular flexibility index (Phi) is 9.77. The van der Waals surface area contributed by atoms with Crippen molar-refractivity contribution in [3.63, 3.8) is 0 Å². The van der Waals surface area contributed by atoms with Crippen molar-refractivity contribution in [2.24, 2.45) is 0 Å². The van der Waals surface area contributed by atoms with Crippen molar-refractivity contribution in [2.45, 2.75) is 26.2 Å². The molecule has 0 fully saturated rings. The topological polar surface area (TPSA) is 38.4 Å². The zero-order valence-electron chi connectivity index (χ0n) is 7.17. The highest BCUT2D eigenvalue weighted by atomic mass is 16.6. The van der Waals surface area contributed by atoms with E-state index in [9.17, 15) is 5.11 Å². The maximum atomic E-state index is 9.79. The molecule has 0 spiro atoms. The van der Waals surface area contributed by atoms with Crippen molar-refractivity contribution in [3.8, 4) is 0 Å². The van der Waals surface area contributed by atoms with Crippen LogP contribution in [0.15, 0.2) is 0 Å². The average molecular weight is 161 g/mol.